The minimum atomic E-state index is 0.540. The maximum Gasteiger partial charge on any atom is 0.122 e. The molecule has 0 fully saturated rings. The molecular formula is C13H19NO. The first-order valence-electron chi connectivity index (χ1n) is 5.84. The van der Waals surface area contributed by atoms with E-state index in [1.165, 1.54) is 18.4 Å². The second-order valence-corrected chi connectivity index (χ2v) is 4.10. The summed E-state index contributed by atoms with van der Waals surface area (Å²) < 4.78 is 5.63. The van der Waals surface area contributed by atoms with Crippen molar-refractivity contribution in [2.24, 2.45) is 0 Å². The molecule has 15 heavy (non-hydrogen) atoms. The molecule has 1 atom stereocenters. The van der Waals surface area contributed by atoms with Crippen LogP contribution in [0.1, 0.15) is 31.2 Å². The van der Waals surface area contributed by atoms with E-state index in [1.54, 1.807) is 0 Å². The van der Waals surface area contributed by atoms with Gasteiger partial charge >= 0.3 is 0 Å². The predicted octanol–water partition coefficient (Wildman–Crippen LogP) is 2.55. The lowest BCUT2D eigenvalue weighted by Crippen LogP contribution is -2.23. The van der Waals surface area contributed by atoms with E-state index in [0.717, 1.165) is 25.4 Å². The van der Waals surface area contributed by atoms with Gasteiger partial charge < -0.3 is 10.1 Å². The van der Waals surface area contributed by atoms with Crippen LogP contribution in [0.3, 0.4) is 0 Å². The molecule has 0 saturated carbocycles. The number of benzene rings is 1. The van der Waals surface area contributed by atoms with Gasteiger partial charge in [0.15, 0.2) is 0 Å². The number of ether oxygens (including phenoxy) is 1. The molecule has 0 saturated heterocycles. The Morgan fingerprint density at radius 1 is 1.40 bits per heavy atom. The Labute approximate surface area is 91.6 Å². The van der Waals surface area contributed by atoms with Gasteiger partial charge in [0.05, 0.1) is 6.61 Å². The second kappa shape index (κ2) is 5.17. The third kappa shape index (κ3) is 2.51. The van der Waals surface area contributed by atoms with E-state index in [4.69, 9.17) is 4.74 Å². The smallest absolute Gasteiger partial charge is 0.122 e. The summed E-state index contributed by atoms with van der Waals surface area (Å²) in [5, 5.41) is 3.49. The number of unbranched alkanes of at least 4 members (excludes halogenated alkanes) is 1. The SMILES string of the molecule is CCCCNCC1COc2ccccc21. The average Bonchev–Trinajstić information content (AvgIpc) is 2.68. The average molecular weight is 205 g/mol. The van der Waals surface area contributed by atoms with Gasteiger partial charge in [-0.3, -0.25) is 0 Å². The van der Waals surface area contributed by atoms with Gasteiger partial charge in [-0.05, 0) is 19.0 Å². The van der Waals surface area contributed by atoms with E-state index in [9.17, 15) is 0 Å². The van der Waals surface area contributed by atoms with Gasteiger partial charge in [-0.15, -0.1) is 0 Å². The van der Waals surface area contributed by atoms with E-state index in [0.29, 0.717) is 5.92 Å². The van der Waals surface area contributed by atoms with Crippen molar-refractivity contribution in [3.05, 3.63) is 29.8 Å². The molecule has 1 N–H and O–H groups in total. The summed E-state index contributed by atoms with van der Waals surface area (Å²) in [7, 11) is 0. The van der Waals surface area contributed by atoms with Crippen molar-refractivity contribution in [3.8, 4) is 5.75 Å². The van der Waals surface area contributed by atoms with E-state index >= 15 is 0 Å². The molecule has 0 bridgehead atoms. The Balaban J connectivity index is 1.85. The highest BCUT2D eigenvalue weighted by Crippen LogP contribution is 2.32. The number of hydrogen-bond donors (Lipinski definition) is 1. The van der Waals surface area contributed by atoms with Gasteiger partial charge in [0.2, 0.25) is 0 Å². The van der Waals surface area contributed by atoms with Gasteiger partial charge in [0, 0.05) is 18.0 Å². The third-order valence-corrected chi connectivity index (χ3v) is 2.90. The van der Waals surface area contributed by atoms with E-state index in [1.807, 2.05) is 6.07 Å². The van der Waals surface area contributed by atoms with Crippen LogP contribution >= 0.6 is 0 Å². The fourth-order valence-corrected chi connectivity index (χ4v) is 1.98. The minimum Gasteiger partial charge on any atom is -0.493 e. The number of nitrogens with one attached hydrogen (secondary N) is 1. The number of fused-ring (bicyclic) bond motifs is 1. The van der Waals surface area contributed by atoms with Crippen LogP contribution in [0, 0.1) is 0 Å². The summed E-state index contributed by atoms with van der Waals surface area (Å²) in [6, 6.07) is 8.36. The fraction of sp³-hybridized carbons (Fsp3) is 0.538. The Morgan fingerprint density at radius 3 is 3.13 bits per heavy atom. The summed E-state index contributed by atoms with van der Waals surface area (Å²) in [6.07, 6.45) is 2.51. The van der Waals surface area contributed by atoms with Gasteiger partial charge in [-0.25, -0.2) is 0 Å². The molecule has 1 aromatic rings. The molecule has 0 aliphatic carbocycles. The van der Waals surface area contributed by atoms with Crippen LogP contribution in [-0.4, -0.2) is 19.7 Å². The lowest BCUT2D eigenvalue weighted by Gasteiger charge is -2.09. The topological polar surface area (TPSA) is 21.3 Å². The second-order valence-electron chi connectivity index (χ2n) is 4.10. The van der Waals surface area contributed by atoms with Gasteiger partial charge in [0.1, 0.15) is 5.75 Å². The zero-order valence-corrected chi connectivity index (χ0v) is 9.33. The number of para-hydroxylation sites is 1. The molecule has 1 unspecified atom stereocenters. The molecule has 1 aromatic carbocycles. The molecule has 1 heterocycles. The Bertz CT molecular complexity index is 311. The molecule has 2 heteroatoms. The van der Waals surface area contributed by atoms with Crippen LogP contribution in [0.25, 0.3) is 0 Å². The molecule has 0 aromatic heterocycles. The molecule has 1 aliphatic heterocycles. The van der Waals surface area contributed by atoms with Crippen molar-refractivity contribution >= 4 is 0 Å². The quantitative estimate of drug-likeness (QED) is 0.746. The third-order valence-electron chi connectivity index (χ3n) is 2.90. The van der Waals surface area contributed by atoms with Crippen molar-refractivity contribution < 1.29 is 4.74 Å². The van der Waals surface area contributed by atoms with Crippen LogP contribution in [-0.2, 0) is 0 Å². The minimum absolute atomic E-state index is 0.540. The standard InChI is InChI=1S/C13H19NO/c1-2-3-8-14-9-11-10-15-13-7-5-4-6-12(11)13/h4-7,11,14H,2-3,8-10H2,1H3. The fourth-order valence-electron chi connectivity index (χ4n) is 1.98. The summed E-state index contributed by atoms with van der Waals surface area (Å²) in [5.41, 5.74) is 1.36. The van der Waals surface area contributed by atoms with E-state index < -0.39 is 0 Å². The molecule has 0 radical (unpaired) electrons. The zero-order valence-electron chi connectivity index (χ0n) is 9.33. The van der Waals surface area contributed by atoms with Crippen LogP contribution in [0.2, 0.25) is 0 Å². The highest BCUT2D eigenvalue weighted by atomic mass is 16.5. The maximum atomic E-state index is 5.63. The van der Waals surface area contributed by atoms with Crippen molar-refractivity contribution in [2.45, 2.75) is 25.7 Å². The normalized spacial score (nSPS) is 18.6. The first kappa shape index (κ1) is 10.5. The van der Waals surface area contributed by atoms with E-state index in [2.05, 4.69) is 30.4 Å². The summed E-state index contributed by atoms with van der Waals surface area (Å²) in [4.78, 5) is 0. The van der Waals surface area contributed by atoms with Crippen LogP contribution in [0.15, 0.2) is 24.3 Å². The Kier molecular flexibility index (Phi) is 3.62. The Morgan fingerprint density at radius 2 is 2.27 bits per heavy atom. The molecule has 1 aliphatic rings. The van der Waals surface area contributed by atoms with E-state index in [-0.39, 0.29) is 0 Å². The van der Waals surface area contributed by atoms with Crippen molar-refractivity contribution in [1.29, 1.82) is 0 Å². The molecule has 2 nitrogen and oxygen atoms in total. The van der Waals surface area contributed by atoms with Gasteiger partial charge in [0.25, 0.3) is 0 Å². The largest absolute Gasteiger partial charge is 0.493 e. The molecular weight excluding hydrogens is 186 g/mol. The predicted molar refractivity (Wildman–Crippen MR) is 62.5 cm³/mol. The summed E-state index contributed by atoms with van der Waals surface area (Å²) in [5.74, 6) is 1.61. The first-order chi connectivity index (χ1) is 7.42. The molecule has 0 amide bonds. The highest BCUT2D eigenvalue weighted by Gasteiger charge is 2.22. The maximum absolute atomic E-state index is 5.63. The summed E-state index contributed by atoms with van der Waals surface area (Å²) in [6.45, 7) is 5.21. The Hall–Kier alpha value is -1.02. The van der Waals surface area contributed by atoms with Crippen LogP contribution in [0.4, 0.5) is 0 Å². The monoisotopic (exact) mass is 205 g/mol. The molecule has 82 valence electrons. The van der Waals surface area contributed by atoms with Gasteiger partial charge in [-0.2, -0.15) is 0 Å². The molecule has 0 spiro atoms. The van der Waals surface area contributed by atoms with Gasteiger partial charge in [-0.1, -0.05) is 31.5 Å². The van der Waals surface area contributed by atoms with Crippen LogP contribution in [0.5, 0.6) is 5.75 Å². The highest BCUT2D eigenvalue weighted by molar-refractivity contribution is 5.39. The lowest BCUT2D eigenvalue weighted by molar-refractivity contribution is 0.326. The first-order valence-corrected chi connectivity index (χ1v) is 5.84. The number of rotatable bonds is 5. The van der Waals surface area contributed by atoms with Crippen molar-refractivity contribution in [3.63, 3.8) is 0 Å². The lowest BCUT2D eigenvalue weighted by atomic mass is 10.0. The van der Waals surface area contributed by atoms with Crippen molar-refractivity contribution in [1.82, 2.24) is 5.32 Å². The number of hydrogen-bond acceptors (Lipinski definition) is 2. The molecule has 2 rings (SSSR count). The zero-order chi connectivity index (χ0) is 10.5. The summed E-state index contributed by atoms with van der Waals surface area (Å²) >= 11 is 0. The van der Waals surface area contributed by atoms with Crippen LogP contribution < -0.4 is 10.1 Å². The van der Waals surface area contributed by atoms with Crippen molar-refractivity contribution in [2.75, 3.05) is 19.7 Å².